The quantitative estimate of drug-likeness (QED) is 0.136. The van der Waals surface area contributed by atoms with E-state index in [1.165, 1.54) is 20.2 Å². The second-order valence-corrected chi connectivity index (χ2v) is 22.9. The molecule has 406 valence electrons. The largest absolute Gasteiger partial charge is 0.309 e. The minimum Gasteiger partial charge on any atom is -0.309 e. The lowest BCUT2D eigenvalue weighted by Crippen LogP contribution is -2.00. The van der Waals surface area contributed by atoms with Crippen molar-refractivity contribution < 1.29 is 0 Å². The Morgan fingerprint density at radius 1 is 0.218 bits per heavy atom. The highest BCUT2D eigenvalue weighted by atomic mass is 32.1. The Morgan fingerprint density at radius 3 is 0.862 bits per heavy atom. The molecule has 0 fully saturated rings. The number of nitrogens with zero attached hydrogens (tertiary/aromatic N) is 8. The molecule has 0 unspecified atom stereocenters. The lowest BCUT2D eigenvalue weighted by molar-refractivity contribution is 1.08. The first-order valence-corrected chi connectivity index (χ1v) is 29.9. The highest BCUT2D eigenvalue weighted by molar-refractivity contribution is 7.25. The average molecular weight is 1130 g/mol. The molecule has 0 bridgehead atoms. The van der Waals surface area contributed by atoms with Gasteiger partial charge in [-0.15, -0.1) is 11.3 Å². The Labute approximate surface area is 504 Å². The fourth-order valence-corrected chi connectivity index (χ4v) is 13.6. The molecule has 12 aromatic carbocycles. The van der Waals surface area contributed by atoms with Crippen molar-refractivity contribution in [3.8, 4) is 102 Å². The molecule has 5 aromatic heterocycles. The average Bonchev–Trinajstić information content (AvgIpc) is 2.27. The van der Waals surface area contributed by atoms with Crippen LogP contribution < -0.4 is 0 Å². The van der Waals surface area contributed by atoms with Gasteiger partial charge in [0.25, 0.3) is 0 Å². The van der Waals surface area contributed by atoms with Gasteiger partial charge in [0, 0.05) is 86.5 Å². The van der Waals surface area contributed by atoms with E-state index < -0.39 is 0 Å². The van der Waals surface area contributed by atoms with Crippen molar-refractivity contribution in [2.45, 2.75) is 0 Å². The number of para-hydroxylation sites is 2. The molecule has 0 spiro atoms. The van der Waals surface area contributed by atoms with Gasteiger partial charge in [-0.05, 0) is 107 Å². The first-order valence-electron chi connectivity index (χ1n) is 29.1. The zero-order valence-electron chi connectivity index (χ0n) is 46.7. The lowest BCUT2D eigenvalue weighted by Gasteiger charge is -2.10. The normalized spacial score (nSPS) is 11.7. The molecule has 0 aliphatic heterocycles. The number of hydrogen-bond acceptors (Lipinski definition) is 7. The van der Waals surface area contributed by atoms with Crippen molar-refractivity contribution in [1.82, 2.24) is 39.0 Å². The van der Waals surface area contributed by atoms with E-state index in [0.717, 1.165) is 111 Å². The number of thiophene rings is 1. The van der Waals surface area contributed by atoms with Crippen LogP contribution in [0.5, 0.6) is 0 Å². The van der Waals surface area contributed by atoms with Crippen LogP contribution in [0.15, 0.2) is 291 Å². The van der Waals surface area contributed by atoms with E-state index in [1.54, 1.807) is 0 Å². The van der Waals surface area contributed by atoms with Gasteiger partial charge < -0.3 is 9.13 Å². The summed E-state index contributed by atoms with van der Waals surface area (Å²) in [6.07, 6.45) is 0. The van der Waals surface area contributed by atoms with Gasteiger partial charge in [-0.1, -0.05) is 206 Å². The summed E-state index contributed by atoms with van der Waals surface area (Å²) in [5.41, 5.74) is 16.6. The fraction of sp³-hybridized carbons (Fsp3) is 0. The fourth-order valence-electron chi connectivity index (χ4n) is 12.6. The molecule has 5 heterocycles. The lowest BCUT2D eigenvalue weighted by atomic mass is 9.97. The molecule has 0 aliphatic carbocycles. The van der Waals surface area contributed by atoms with Crippen molar-refractivity contribution in [1.29, 1.82) is 0 Å². The zero-order chi connectivity index (χ0) is 57.4. The monoisotopic (exact) mass is 1130 g/mol. The van der Waals surface area contributed by atoms with Crippen LogP contribution in [-0.2, 0) is 0 Å². The molecule has 17 aromatic rings. The van der Waals surface area contributed by atoms with E-state index in [1.807, 2.05) is 84.1 Å². The van der Waals surface area contributed by atoms with E-state index in [2.05, 4.69) is 228 Å². The standard InChI is InChI=1S/C78H48N8S/c1-7-21-49(22-8-1)73-79-74(50-23-9-2-10-24-50)82-77(81-73)59-33-19-35-67-71(59)63-47-53(37-41-65(63)85(67)57-29-15-5-16-30-57)55-39-43-69-61(45-55)62-46-56(40-44-70(62)87-69)54-38-42-66-64(48-54)72-60(34-20-36-68(72)86(66)58-31-17-6-18-32-58)78-83-75(51-25-11-3-12-26-51)80-76(84-78)52-27-13-4-14-28-52/h1-48H. The minimum atomic E-state index is 0.618. The second kappa shape index (κ2) is 20.7. The number of fused-ring (bicyclic) bond motifs is 9. The SMILES string of the molecule is c1ccc(-c2nc(-c3ccccc3)nc(-c3cccc4c3c3cc(-c5ccc6sc7ccc(-c8ccc9c(c8)c8c(-c%10nc(-c%11ccccc%11)nc(-c%11ccccc%11)n%10)cccc8n9-c8ccccc8)cc7c6c5)ccc3n4-c3ccccc3)n2)cc1. The topological polar surface area (TPSA) is 87.2 Å². The number of hydrogen-bond donors (Lipinski definition) is 0. The van der Waals surface area contributed by atoms with Gasteiger partial charge in [0.1, 0.15) is 0 Å². The Kier molecular flexibility index (Phi) is 11.9. The molecule has 0 saturated carbocycles. The van der Waals surface area contributed by atoms with E-state index in [-0.39, 0.29) is 0 Å². The molecule has 0 saturated heterocycles. The summed E-state index contributed by atoms with van der Waals surface area (Å²) in [4.78, 5) is 31.1. The molecule has 0 atom stereocenters. The Hall–Kier alpha value is -11.5. The van der Waals surface area contributed by atoms with Gasteiger partial charge in [-0.3, -0.25) is 0 Å². The second-order valence-electron chi connectivity index (χ2n) is 21.8. The van der Waals surface area contributed by atoms with E-state index in [4.69, 9.17) is 29.9 Å². The molecule has 8 nitrogen and oxygen atoms in total. The van der Waals surface area contributed by atoms with Gasteiger partial charge in [-0.2, -0.15) is 0 Å². The summed E-state index contributed by atoms with van der Waals surface area (Å²) in [5, 5.41) is 6.81. The summed E-state index contributed by atoms with van der Waals surface area (Å²) in [6.45, 7) is 0. The summed E-state index contributed by atoms with van der Waals surface area (Å²) in [6, 6.07) is 103. The molecular formula is C78H48N8S. The molecule has 0 N–H and O–H groups in total. The van der Waals surface area contributed by atoms with Gasteiger partial charge in [0.2, 0.25) is 0 Å². The first-order chi connectivity index (χ1) is 43.1. The van der Waals surface area contributed by atoms with Crippen molar-refractivity contribution >= 4 is 75.1 Å². The minimum absolute atomic E-state index is 0.618. The van der Waals surface area contributed by atoms with Crippen molar-refractivity contribution in [3.05, 3.63) is 291 Å². The zero-order valence-corrected chi connectivity index (χ0v) is 47.5. The van der Waals surface area contributed by atoms with Crippen LogP contribution in [0.25, 0.3) is 166 Å². The highest BCUT2D eigenvalue weighted by Crippen LogP contribution is 2.45. The molecule has 0 amide bonds. The summed E-state index contributed by atoms with van der Waals surface area (Å²) < 4.78 is 7.20. The molecule has 0 aliphatic rings. The van der Waals surface area contributed by atoms with E-state index in [9.17, 15) is 0 Å². The van der Waals surface area contributed by atoms with Gasteiger partial charge >= 0.3 is 0 Å². The smallest absolute Gasteiger partial charge is 0.164 e. The predicted molar refractivity (Wildman–Crippen MR) is 358 cm³/mol. The molecule has 87 heavy (non-hydrogen) atoms. The Bertz CT molecular complexity index is 5030. The molecule has 9 heteroatoms. The molecule has 0 radical (unpaired) electrons. The van der Waals surface area contributed by atoms with Gasteiger partial charge in [0.05, 0.1) is 22.1 Å². The van der Waals surface area contributed by atoms with E-state index in [0.29, 0.717) is 34.9 Å². The number of rotatable bonds is 10. The maximum absolute atomic E-state index is 5.25. The predicted octanol–water partition coefficient (Wildman–Crippen LogP) is 20.0. The third kappa shape index (κ3) is 8.67. The van der Waals surface area contributed by atoms with Gasteiger partial charge in [0.15, 0.2) is 34.9 Å². The third-order valence-corrected chi connectivity index (χ3v) is 17.8. The number of benzene rings is 12. The van der Waals surface area contributed by atoms with Crippen molar-refractivity contribution in [2.75, 3.05) is 0 Å². The third-order valence-electron chi connectivity index (χ3n) is 16.6. The molecular weight excluding hydrogens is 1080 g/mol. The maximum atomic E-state index is 5.25. The Morgan fingerprint density at radius 2 is 0.517 bits per heavy atom. The van der Waals surface area contributed by atoms with Crippen LogP contribution in [0, 0.1) is 0 Å². The summed E-state index contributed by atoms with van der Waals surface area (Å²) in [7, 11) is 0. The van der Waals surface area contributed by atoms with E-state index >= 15 is 0 Å². The highest BCUT2D eigenvalue weighted by Gasteiger charge is 2.23. The van der Waals surface area contributed by atoms with Crippen LogP contribution >= 0.6 is 11.3 Å². The number of aromatic nitrogens is 8. The Balaban J connectivity index is 0.819. The first kappa shape index (κ1) is 50.0. The van der Waals surface area contributed by atoms with Crippen LogP contribution in [0.4, 0.5) is 0 Å². The summed E-state index contributed by atoms with van der Waals surface area (Å²) in [5.74, 6) is 3.74. The van der Waals surface area contributed by atoms with Crippen LogP contribution in [0.1, 0.15) is 0 Å². The van der Waals surface area contributed by atoms with Gasteiger partial charge in [-0.25, -0.2) is 29.9 Å². The van der Waals surface area contributed by atoms with Crippen molar-refractivity contribution in [2.24, 2.45) is 0 Å². The molecule has 17 rings (SSSR count). The van der Waals surface area contributed by atoms with Crippen LogP contribution in [-0.4, -0.2) is 39.0 Å². The van der Waals surface area contributed by atoms with Crippen molar-refractivity contribution in [3.63, 3.8) is 0 Å². The van der Waals surface area contributed by atoms with Crippen LogP contribution in [0.3, 0.4) is 0 Å². The summed E-state index contributed by atoms with van der Waals surface area (Å²) >= 11 is 1.83. The van der Waals surface area contributed by atoms with Crippen LogP contribution in [0.2, 0.25) is 0 Å². The maximum Gasteiger partial charge on any atom is 0.164 e.